The zero-order chi connectivity index (χ0) is 14.1. The van der Waals surface area contributed by atoms with Crippen LogP contribution in [0.3, 0.4) is 0 Å². The van der Waals surface area contributed by atoms with Gasteiger partial charge in [-0.15, -0.1) is 0 Å². The van der Waals surface area contributed by atoms with Crippen molar-refractivity contribution in [1.82, 2.24) is 4.98 Å². The fourth-order valence-electron chi connectivity index (χ4n) is 2.23. The molecule has 3 rings (SSSR count). The Morgan fingerprint density at radius 3 is 2.90 bits per heavy atom. The van der Waals surface area contributed by atoms with Gasteiger partial charge in [0, 0.05) is 6.20 Å². The van der Waals surface area contributed by atoms with Crippen LogP contribution in [0.4, 0.5) is 17.2 Å². The molecule has 1 aliphatic rings. The molecule has 0 bridgehead atoms. The molecule has 2 aromatic rings. The number of aromatic nitrogens is 1. The van der Waals surface area contributed by atoms with Gasteiger partial charge in [-0.05, 0) is 24.3 Å². The topological polar surface area (TPSA) is 71.2 Å². The van der Waals surface area contributed by atoms with Gasteiger partial charge < -0.3 is 16.0 Å². The number of nitrogens with zero attached hydrogens (tertiary/aromatic N) is 2. The second-order valence-electron chi connectivity index (χ2n) is 4.39. The number of pyridine rings is 1. The van der Waals surface area contributed by atoms with Gasteiger partial charge >= 0.3 is 0 Å². The predicted molar refractivity (Wildman–Crippen MR) is 82.2 cm³/mol. The second kappa shape index (κ2) is 4.90. The number of hydrogen-bond donors (Lipinski definition) is 2. The number of anilines is 3. The van der Waals surface area contributed by atoms with E-state index in [1.54, 1.807) is 18.3 Å². The lowest BCUT2D eigenvalue weighted by Gasteiger charge is -2.31. The van der Waals surface area contributed by atoms with Crippen molar-refractivity contribution in [2.75, 3.05) is 16.8 Å². The minimum Gasteiger partial charge on any atom is -0.389 e. The van der Waals surface area contributed by atoms with Crippen LogP contribution in [-0.4, -0.2) is 22.4 Å². The molecule has 0 saturated heterocycles. The molecule has 1 amide bonds. The molecular weight excluding hydrogens is 272 g/mol. The Morgan fingerprint density at radius 2 is 2.10 bits per heavy atom. The molecule has 0 saturated carbocycles. The molecule has 0 atom stereocenters. The average Bonchev–Trinajstić information content (AvgIpc) is 2.46. The van der Waals surface area contributed by atoms with Crippen LogP contribution in [0.1, 0.15) is 5.56 Å². The molecule has 6 heteroatoms. The van der Waals surface area contributed by atoms with E-state index >= 15 is 0 Å². The van der Waals surface area contributed by atoms with E-state index in [-0.39, 0.29) is 17.4 Å². The van der Waals surface area contributed by atoms with Gasteiger partial charge in [0.05, 0.1) is 16.9 Å². The number of thiocarbonyl (C=S) groups is 1. The molecule has 2 heterocycles. The molecular formula is C14H12N4OS. The Morgan fingerprint density at radius 1 is 1.30 bits per heavy atom. The lowest BCUT2D eigenvalue weighted by molar-refractivity contribution is -0.115. The van der Waals surface area contributed by atoms with Gasteiger partial charge in [0.15, 0.2) is 0 Å². The fraction of sp³-hybridized carbons (Fsp3) is 0.0714. The summed E-state index contributed by atoms with van der Waals surface area (Å²) >= 11 is 5.06. The highest BCUT2D eigenvalue weighted by atomic mass is 32.1. The number of benzene rings is 1. The van der Waals surface area contributed by atoms with E-state index in [4.69, 9.17) is 18.0 Å². The zero-order valence-corrected chi connectivity index (χ0v) is 11.4. The molecule has 0 fully saturated rings. The maximum atomic E-state index is 11.8. The number of nitrogens with two attached hydrogens (primary N) is 1. The van der Waals surface area contributed by atoms with Crippen LogP contribution in [0.5, 0.6) is 0 Å². The highest BCUT2D eigenvalue weighted by molar-refractivity contribution is 7.80. The van der Waals surface area contributed by atoms with Gasteiger partial charge in [0.25, 0.3) is 0 Å². The normalized spacial score (nSPS) is 13.6. The first-order valence-electron chi connectivity index (χ1n) is 6.08. The summed E-state index contributed by atoms with van der Waals surface area (Å²) in [5, 5.41) is 2.84. The average molecular weight is 284 g/mol. The molecule has 0 aliphatic carbocycles. The number of carbonyl (C=O) groups is 1. The van der Waals surface area contributed by atoms with Crippen LogP contribution in [0, 0.1) is 0 Å². The number of fused-ring (bicyclic) bond motifs is 1. The van der Waals surface area contributed by atoms with Crippen LogP contribution in [0.15, 0.2) is 42.6 Å². The van der Waals surface area contributed by atoms with E-state index in [0.717, 1.165) is 11.4 Å². The van der Waals surface area contributed by atoms with Crippen molar-refractivity contribution in [2.45, 2.75) is 0 Å². The second-order valence-corrected chi connectivity index (χ2v) is 4.83. The predicted octanol–water partition coefficient (Wildman–Crippen LogP) is 1.81. The van der Waals surface area contributed by atoms with Crippen LogP contribution >= 0.6 is 12.2 Å². The lowest BCUT2D eigenvalue weighted by atomic mass is 10.1. The number of nitrogens with one attached hydrogen (secondary N) is 1. The van der Waals surface area contributed by atoms with Crippen molar-refractivity contribution < 1.29 is 4.79 Å². The van der Waals surface area contributed by atoms with Crippen LogP contribution in [0.2, 0.25) is 0 Å². The van der Waals surface area contributed by atoms with Crippen LogP contribution < -0.4 is 16.0 Å². The Kier molecular flexibility index (Phi) is 3.08. The first kappa shape index (κ1) is 12.6. The first-order chi connectivity index (χ1) is 9.66. The molecule has 0 spiro atoms. The van der Waals surface area contributed by atoms with Crippen LogP contribution in [0.25, 0.3) is 0 Å². The van der Waals surface area contributed by atoms with Crippen molar-refractivity contribution in [1.29, 1.82) is 0 Å². The van der Waals surface area contributed by atoms with Gasteiger partial charge in [-0.3, -0.25) is 4.79 Å². The summed E-state index contributed by atoms with van der Waals surface area (Å²) in [5.41, 5.74) is 8.03. The Bertz CT molecular complexity index is 701. The highest BCUT2D eigenvalue weighted by Crippen LogP contribution is 2.35. The zero-order valence-electron chi connectivity index (χ0n) is 10.5. The number of hydrogen-bond acceptors (Lipinski definition) is 4. The minimum absolute atomic E-state index is 0.0942. The van der Waals surface area contributed by atoms with Crippen molar-refractivity contribution in [2.24, 2.45) is 5.73 Å². The fourth-order valence-corrected chi connectivity index (χ4v) is 2.39. The van der Waals surface area contributed by atoms with Crippen molar-refractivity contribution in [3.8, 4) is 0 Å². The van der Waals surface area contributed by atoms with Gasteiger partial charge in [-0.2, -0.15) is 0 Å². The molecule has 20 heavy (non-hydrogen) atoms. The molecule has 0 radical (unpaired) electrons. The molecule has 3 N–H and O–H groups in total. The van der Waals surface area contributed by atoms with Crippen molar-refractivity contribution in [3.63, 3.8) is 0 Å². The minimum atomic E-state index is -0.0942. The largest absolute Gasteiger partial charge is 0.389 e. The summed E-state index contributed by atoms with van der Waals surface area (Å²) in [4.78, 5) is 18.3. The Labute approximate surface area is 121 Å². The molecule has 1 aliphatic heterocycles. The SMILES string of the molecule is NC(=S)c1cccnc1N1CC(=O)Nc2ccccc21. The smallest absolute Gasteiger partial charge is 0.244 e. The van der Waals surface area contributed by atoms with E-state index in [1.807, 2.05) is 29.2 Å². The molecule has 1 aromatic carbocycles. The third-order valence-corrected chi connectivity index (χ3v) is 3.30. The first-order valence-corrected chi connectivity index (χ1v) is 6.49. The van der Waals surface area contributed by atoms with Crippen LogP contribution in [-0.2, 0) is 4.79 Å². The molecule has 1 aromatic heterocycles. The third kappa shape index (κ3) is 2.10. The van der Waals surface area contributed by atoms with E-state index in [0.29, 0.717) is 11.4 Å². The Hall–Kier alpha value is -2.47. The number of rotatable bonds is 2. The molecule has 0 unspecified atom stereocenters. The van der Waals surface area contributed by atoms with Gasteiger partial charge in [0.2, 0.25) is 5.91 Å². The number of carbonyl (C=O) groups excluding carboxylic acids is 1. The quantitative estimate of drug-likeness (QED) is 0.823. The molecule has 100 valence electrons. The van der Waals surface area contributed by atoms with E-state index < -0.39 is 0 Å². The van der Waals surface area contributed by atoms with Gasteiger partial charge in [-0.1, -0.05) is 24.4 Å². The van der Waals surface area contributed by atoms with Gasteiger partial charge in [0.1, 0.15) is 17.4 Å². The number of amides is 1. The van der Waals surface area contributed by atoms with E-state index in [2.05, 4.69) is 10.3 Å². The number of para-hydroxylation sites is 2. The van der Waals surface area contributed by atoms with E-state index in [1.165, 1.54) is 0 Å². The van der Waals surface area contributed by atoms with E-state index in [9.17, 15) is 4.79 Å². The Balaban J connectivity index is 2.16. The highest BCUT2D eigenvalue weighted by Gasteiger charge is 2.25. The summed E-state index contributed by atoms with van der Waals surface area (Å²) in [6.45, 7) is 0.184. The summed E-state index contributed by atoms with van der Waals surface area (Å²) < 4.78 is 0. The van der Waals surface area contributed by atoms with Crippen molar-refractivity contribution in [3.05, 3.63) is 48.2 Å². The summed E-state index contributed by atoms with van der Waals surface area (Å²) in [6.07, 6.45) is 1.66. The molecule has 5 nitrogen and oxygen atoms in total. The lowest BCUT2D eigenvalue weighted by Crippen LogP contribution is -2.36. The summed E-state index contributed by atoms with van der Waals surface area (Å²) in [7, 11) is 0. The maximum absolute atomic E-state index is 11.8. The standard InChI is InChI=1S/C14H12N4OS/c15-13(20)9-4-3-7-16-14(9)18-8-12(19)17-10-5-1-2-6-11(10)18/h1-7H,8H2,(H2,15,20)(H,17,19). The summed E-state index contributed by atoms with van der Waals surface area (Å²) in [5.74, 6) is 0.505. The summed E-state index contributed by atoms with van der Waals surface area (Å²) in [6, 6.07) is 11.1. The van der Waals surface area contributed by atoms with Crippen molar-refractivity contribution >= 4 is 40.3 Å². The third-order valence-electron chi connectivity index (χ3n) is 3.08. The maximum Gasteiger partial charge on any atom is 0.244 e. The monoisotopic (exact) mass is 284 g/mol. The van der Waals surface area contributed by atoms with Gasteiger partial charge in [-0.25, -0.2) is 4.98 Å².